The molecule has 3 nitrogen and oxygen atoms in total. The first-order chi connectivity index (χ1) is 6.49. The molecule has 1 atom stereocenters. The van der Waals surface area contributed by atoms with Crippen molar-refractivity contribution < 1.29 is 14.3 Å². The van der Waals surface area contributed by atoms with E-state index in [1.54, 1.807) is 13.8 Å². The molecule has 0 spiro atoms. The second kappa shape index (κ2) is 4.66. The maximum Gasteiger partial charge on any atom is 0.321 e. The lowest BCUT2D eigenvalue weighted by atomic mass is 10.1. The Bertz CT molecular complexity index is 228. The Morgan fingerprint density at radius 1 is 1.27 bits per heavy atom. The van der Waals surface area contributed by atoms with E-state index < -0.39 is 20.4 Å². The van der Waals surface area contributed by atoms with E-state index in [4.69, 9.17) is 4.43 Å². The van der Waals surface area contributed by atoms with Crippen molar-refractivity contribution in [2.24, 2.45) is 5.92 Å². The Balaban J connectivity index is 4.55. The molecule has 1 unspecified atom stereocenters. The first kappa shape index (κ1) is 14.6. The van der Waals surface area contributed by atoms with Gasteiger partial charge in [0, 0.05) is 0 Å². The highest BCUT2D eigenvalue weighted by Gasteiger charge is 2.41. The predicted octanol–water partition coefficient (Wildman–Crippen LogP) is 2.55. The van der Waals surface area contributed by atoms with E-state index in [2.05, 4.69) is 20.8 Å². The zero-order chi connectivity index (χ0) is 12.4. The fraction of sp³-hybridized carbons (Fsp3) is 0.909. The first-order valence-electron chi connectivity index (χ1n) is 5.40. The minimum Gasteiger partial charge on any atom is -0.517 e. The average Bonchev–Trinajstić information content (AvgIpc) is 1.99. The van der Waals surface area contributed by atoms with Crippen LogP contribution in [0.2, 0.25) is 18.1 Å². The summed E-state index contributed by atoms with van der Waals surface area (Å²) in [6.07, 6.45) is -1.00. The van der Waals surface area contributed by atoms with E-state index in [0.29, 0.717) is 0 Å². The first-order valence-corrected chi connectivity index (χ1v) is 8.31. The maximum atomic E-state index is 11.6. The third-order valence-electron chi connectivity index (χ3n) is 3.03. The van der Waals surface area contributed by atoms with Crippen molar-refractivity contribution in [1.82, 2.24) is 0 Å². The molecular formula is C11H24O3Si. The number of aliphatic hydroxyl groups is 1. The lowest BCUT2D eigenvalue weighted by Gasteiger charge is -2.36. The molecule has 0 aliphatic carbocycles. The summed E-state index contributed by atoms with van der Waals surface area (Å²) in [6, 6.07) is 0. The number of rotatable bonds is 3. The predicted molar refractivity (Wildman–Crippen MR) is 64.1 cm³/mol. The SMILES string of the molecule is CC(C)C(O)C(=O)O[Si](C)(C)C(C)(C)C. The van der Waals surface area contributed by atoms with Gasteiger partial charge in [0.1, 0.15) is 0 Å². The van der Waals surface area contributed by atoms with Crippen LogP contribution in [-0.4, -0.2) is 25.5 Å². The molecular weight excluding hydrogens is 208 g/mol. The van der Waals surface area contributed by atoms with Crippen LogP contribution in [0.15, 0.2) is 0 Å². The zero-order valence-corrected chi connectivity index (χ0v) is 11.9. The highest BCUT2D eigenvalue weighted by molar-refractivity contribution is 6.75. The number of carbonyl (C=O) groups is 1. The molecule has 0 rings (SSSR count). The summed E-state index contributed by atoms with van der Waals surface area (Å²) in [4.78, 5) is 11.6. The van der Waals surface area contributed by atoms with Crippen molar-refractivity contribution in [2.45, 2.75) is 58.9 Å². The fourth-order valence-corrected chi connectivity index (χ4v) is 1.67. The van der Waals surface area contributed by atoms with Gasteiger partial charge in [-0.05, 0) is 24.1 Å². The monoisotopic (exact) mass is 232 g/mol. The third-order valence-corrected chi connectivity index (χ3v) is 7.36. The van der Waals surface area contributed by atoms with E-state index in [-0.39, 0.29) is 11.0 Å². The van der Waals surface area contributed by atoms with Crippen molar-refractivity contribution in [3.63, 3.8) is 0 Å². The number of carbonyl (C=O) groups excluding carboxylic acids is 1. The second-order valence-corrected chi connectivity index (χ2v) is 10.6. The molecule has 4 heteroatoms. The Hall–Kier alpha value is -0.353. The lowest BCUT2D eigenvalue weighted by Crippen LogP contribution is -2.45. The summed E-state index contributed by atoms with van der Waals surface area (Å²) in [5.74, 6) is -0.570. The van der Waals surface area contributed by atoms with Crippen molar-refractivity contribution in [2.75, 3.05) is 0 Å². The van der Waals surface area contributed by atoms with Gasteiger partial charge in [-0.15, -0.1) is 0 Å². The van der Waals surface area contributed by atoms with Gasteiger partial charge in [-0.2, -0.15) is 0 Å². The van der Waals surface area contributed by atoms with Gasteiger partial charge in [0.15, 0.2) is 6.10 Å². The Morgan fingerprint density at radius 2 is 1.67 bits per heavy atom. The smallest absolute Gasteiger partial charge is 0.321 e. The molecule has 0 heterocycles. The largest absolute Gasteiger partial charge is 0.517 e. The fourth-order valence-electron chi connectivity index (χ4n) is 0.737. The van der Waals surface area contributed by atoms with Crippen LogP contribution >= 0.6 is 0 Å². The van der Waals surface area contributed by atoms with Crippen LogP contribution in [0.5, 0.6) is 0 Å². The van der Waals surface area contributed by atoms with Crippen LogP contribution < -0.4 is 0 Å². The van der Waals surface area contributed by atoms with Crippen LogP contribution in [0, 0.1) is 5.92 Å². The van der Waals surface area contributed by atoms with Gasteiger partial charge in [-0.1, -0.05) is 34.6 Å². The van der Waals surface area contributed by atoms with E-state index in [9.17, 15) is 9.90 Å². The maximum absolute atomic E-state index is 11.6. The van der Waals surface area contributed by atoms with Crippen LogP contribution in [0.4, 0.5) is 0 Å². The van der Waals surface area contributed by atoms with Gasteiger partial charge in [-0.25, -0.2) is 0 Å². The van der Waals surface area contributed by atoms with Crippen LogP contribution in [0.1, 0.15) is 34.6 Å². The highest BCUT2D eigenvalue weighted by Crippen LogP contribution is 2.36. The molecule has 0 saturated carbocycles. The molecule has 90 valence electrons. The van der Waals surface area contributed by atoms with Crippen molar-refractivity contribution in [3.05, 3.63) is 0 Å². The molecule has 1 N–H and O–H groups in total. The number of hydrogen-bond acceptors (Lipinski definition) is 3. The number of hydrogen-bond donors (Lipinski definition) is 1. The lowest BCUT2D eigenvalue weighted by molar-refractivity contribution is -0.147. The molecule has 0 radical (unpaired) electrons. The van der Waals surface area contributed by atoms with Crippen LogP contribution in [-0.2, 0) is 9.22 Å². The molecule has 0 aromatic carbocycles. The molecule has 0 saturated heterocycles. The molecule has 0 aliphatic heterocycles. The molecule has 0 aromatic rings. The summed E-state index contributed by atoms with van der Waals surface area (Å²) in [6.45, 7) is 13.8. The summed E-state index contributed by atoms with van der Waals surface area (Å²) < 4.78 is 5.48. The minimum atomic E-state index is -2.09. The van der Waals surface area contributed by atoms with Gasteiger partial charge >= 0.3 is 5.97 Å². The van der Waals surface area contributed by atoms with E-state index in [0.717, 1.165) is 0 Å². The van der Waals surface area contributed by atoms with E-state index in [1.807, 2.05) is 13.1 Å². The van der Waals surface area contributed by atoms with Crippen molar-refractivity contribution >= 4 is 14.3 Å². The molecule has 0 fully saturated rings. The van der Waals surface area contributed by atoms with Crippen molar-refractivity contribution in [3.8, 4) is 0 Å². The zero-order valence-electron chi connectivity index (χ0n) is 10.9. The molecule has 15 heavy (non-hydrogen) atoms. The molecule has 0 bridgehead atoms. The highest BCUT2D eigenvalue weighted by atomic mass is 28.4. The number of aliphatic hydroxyl groups excluding tert-OH is 1. The summed E-state index contributed by atoms with van der Waals surface area (Å²) in [5.41, 5.74) is 0. The summed E-state index contributed by atoms with van der Waals surface area (Å²) in [5, 5.41) is 9.56. The van der Waals surface area contributed by atoms with Gasteiger partial charge in [0.05, 0.1) is 0 Å². The van der Waals surface area contributed by atoms with Crippen molar-refractivity contribution in [1.29, 1.82) is 0 Å². The minimum absolute atomic E-state index is 0.0145. The third kappa shape index (κ3) is 3.95. The van der Waals surface area contributed by atoms with Gasteiger partial charge < -0.3 is 9.53 Å². The summed E-state index contributed by atoms with van der Waals surface area (Å²) in [7, 11) is -2.09. The summed E-state index contributed by atoms with van der Waals surface area (Å²) >= 11 is 0. The van der Waals surface area contributed by atoms with E-state index >= 15 is 0 Å². The van der Waals surface area contributed by atoms with Gasteiger partial charge in [0.25, 0.3) is 8.32 Å². The van der Waals surface area contributed by atoms with E-state index in [1.165, 1.54) is 0 Å². The Labute approximate surface area is 94.0 Å². The Kier molecular flexibility index (Phi) is 4.55. The van der Waals surface area contributed by atoms with Gasteiger partial charge in [-0.3, -0.25) is 4.79 Å². The molecule has 0 aromatic heterocycles. The standard InChI is InChI=1S/C11H24O3Si/c1-8(2)9(12)10(13)14-15(6,7)11(3,4)5/h8-9,12H,1-7H3. The van der Waals surface area contributed by atoms with Crippen LogP contribution in [0.25, 0.3) is 0 Å². The molecule has 0 amide bonds. The quantitative estimate of drug-likeness (QED) is 0.761. The normalized spacial score (nSPS) is 15.3. The molecule has 0 aliphatic rings. The average molecular weight is 232 g/mol. The Morgan fingerprint density at radius 3 is 1.93 bits per heavy atom. The topological polar surface area (TPSA) is 46.5 Å². The second-order valence-electron chi connectivity index (χ2n) is 5.87. The van der Waals surface area contributed by atoms with Crippen LogP contribution in [0.3, 0.4) is 0 Å². The van der Waals surface area contributed by atoms with Gasteiger partial charge in [0.2, 0.25) is 0 Å².